The monoisotopic (exact) mass is 241 g/mol. The molecule has 0 aromatic carbocycles. The van der Waals surface area contributed by atoms with Crippen LogP contribution < -0.4 is 5.32 Å². The summed E-state index contributed by atoms with van der Waals surface area (Å²) in [5.41, 5.74) is 0.242. The van der Waals surface area contributed by atoms with Crippen molar-refractivity contribution in [3.63, 3.8) is 0 Å². The van der Waals surface area contributed by atoms with E-state index in [1.807, 2.05) is 0 Å². The first kappa shape index (κ1) is 14.9. The SMILES string of the molecule is CC(CNC(C)(C)C)CN1CCC(N(C)C)C1. The maximum Gasteiger partial charge on any atom is 0.0229 e. The van der Waals surface area contributed by atoms with Gasteiger partial charge in [0, 0.05) is 24.7 Å². The Kier molecular flexibility index (Phi) is 5.42. The van der Waals surface area contributed by atoms with Gasteiger partial charge < -0.3 is 15.1 Å². The summed E-state index contributed by atoms with van der Waals surface area (Å²) in [6.45, 7) is 13.9. The zero-order valence-electron chi connectivity index (χ0n) is 12.6. The van der Waals surface area contributed by atoms with Crippen LogP contribution in [0.25, 0.3) is 0 Å². The summed E-state index contributed by atoms with van der Waals surface area (Å²) in [5.74, 6) is 0.732. The van der Waals surface area contributed by atoms with E-state index in [2.05, 4.69) is 56.9 Å². The zero-order chi connectivity index (χ0) is 13.1. The second-order valence-corrected chi connectivity index (χ2v) is 6.90. The van der Waals surface area contributed by atoms with Gasteiger partial charge in [0.25, 0.3) is 0 Å². The van der Waals surface area contributed by atoms with Crippen molar-refractivity contribution in [2.75, 3.05) is 40.3 Å². The van der Waals surface area contributed by atoms with Gasteiger partial charge >= 0.3 is 0 Å². The van der Waals surface area contributed by atoms with Gasteiger partial charge in [0.05, 0.1) is 0 Å². The fraction of sp³-hybridized carbons (Fsp3) is 1.00. The molecule has 17 heavy (non-hydrogen) atoms. The molecule has 0 bridgehead atoms. The number of nitrogens with zero attached hydrogens (tertiary/aromatic N) is 2. The number of hydrogen-bond donors (Lipinski definition) is 1. The highest BCUT2D eigenvalue weighted by molar-refractivity contribution is 4.82. The predicted octanol–water partition coefficient (Wildman–Crippen LogP) is 1.65. The molecule has 102 valence electrons. The smallest absolute Gasteiger partial charge is 0.0229 e. The third-order valence-corrected chi connectivity index (χ3v) is 3.53. The molecule has 1 fully saturated rings. The summed E-state index contributed by atoms with van der Waals surface area (Å²) in [4.78, 5) is 4.97. The summed E-state index contributed by atoms with van der Waals surface area (Å²) >= 11 is 0. The summed E-state index contributed by atoms with van der Waals surface area (Å²) < 4.78 is 0. The van der Waals surface area contributed by atoms with Crippen LogP contribution in [0.2, 0.25) is 0 Å². The van der Waals surface area contributed by atoms with Crippen molar-refractivity contribution in [1.82, 2.24) is 15.1 Å². The summed E-state index contributed by atoms with van der Waals surface area (Å²) in [6, 6.07) is 0.762. The minimum absolute atomic E-state index is 0.242. The number of nitrogens with one attached hydrogen (secondary N) is 1. The highest BCUT2D eigenvalue weighted by atomic mass is 15.2. The first-order valence-electron chi connectivity index (χ1n) is 6.92. The van der Waals surface area contributed by atoms with Crippen molar-refractivity contribution in [2.24, 2.45) is 5.92 Å². The Bertz CT molecular complexity index is 220. The predicted molar refractivity (Wildman–Crippen MR) is 75.5 cm³/mol. The topological polar surface area (TPSA) is 18.5 Å². The van der Waals surface area contributed by atoms with E-state index in [0.29, 0.717) is 0 Å². The van der Waals surface area contributed by atoms with E-state index in [4.69, 9.17) is 0 Å². The molecule has 1 aliphatic rings. The Morgan fingerprint density at radius 3 is 2.47 bits per heavy atom. The molecule has 1 N–H and O–H groups in total. The van der Waals surface area contributed by atoms with Gasteiger partial charge in [-0.1, -0.05) is 6.92 Å². The standard InChI is InChI=1S/C14H31N3/c1-12(9-15-14(2,3)4)10-17-8-7-13(11-17)16(5)6/h12-13,15H,7-11H2,1-6H3. The molecule has 0 spiro atoms. The molecule has 3 nitrogen and oxygen atoms in total. The van der Waals surface area contributed by atoms with Gasteiger partial charge in [-0.15, -0.1) is 0 Å². The van der Waals surface area contributed by atoms with Crippen molar-refractivity contribution >= 4 is 0 Å². The molecule has 0 amide bonds. The molecule has 0 aromatic heterocycles. The lowest BCUT2D eigenvalue weighted by Crippen LogP contribution is -2.41. The molecule has 1 saturated heterocycles. The van der Waals surface area contributed by atoms with Crippen LogP contribution in [0.3, 0.4) is 0 Å². The molecular formula is C14H31N3. The summed E-state index contributed by atoms with van der Waals surface area (Å²) in [5, 5.41) is 3.59. The lowest BCUT2D eigenvalue weighted by Gasteiger charge is -2.26. The average molecular weight is 241 g/mol. The molecule has 0 saturated carbocycles. The van der Waals surface area contributed by atoms with E-state index in [-0.39, 0.29) is 5.54 Å². The van der Waals surface area contributed by atoms with E-state index in [0.717, 1.165) is 18.5 Å². The maximum absolute atomic E-state index is 3.59. The molecule has 0 aliphatic carbocycles. The summed E-state index contributed by atoms with van der Waals surface area (Å²) in [7, 11) is 4.39. The van der Waals surface area contributed by atoms with Gasteiger partial charge in [-0.25, -0.2) is 0 Å². The van der Waals surface area contributed by atoms with Crippen LogP contribution in [-0.2, 0) is 0 Å². The van der Waals surface area contributed by atoms with Gasteiger partial charge in [0.2, 0.25) is 0 Å². The fourth-order valence-corrected chi connectivity index (χ4v) is 2.39. The lowest BCUT2D eigenvalue weighted by molar-refractivity contribution is 0.239. The third-order valence-electron chi connectivity index (χ3n) is 3.53. The first-order valence-corrected chi connectivity index (χ1v) is 6.92. The maximum atomic E-state index is 3.59. The molecule has 1 aliphatic heterocycles. The van der Waals surface area contributed by atoms with E-state index in [1.165, 1.54) is 26.1 Å². The Labute approximate surface area is 108 Å². The van der Waals surface area contributed by atoms with Gasteiger partial charge in [0.15, 0.2) is 0 Å². The highest BCUT2D eigenvalue weighted by Crippen LogP contribution is 2.14. The zero-order valence-corrected chi connectivity index (χ0v) is 12.6. The number of hydrogen-bond acceptors (Lipinski definition) is 3. The highest BCUT2D eigenvalue weighted by Gasteiger charge is 2.24. The Morgan fingerprint density at radius 1 is 1.35 bits per heavy atom. The number of rotatable bonds is 5. The van der Waals surface area contributed by atoms with Crippen LogP contribution in [0.15, 0.2) is 0 Å². The van der Waals surface area contributed by atoms with Crippen LogP contribution in [0, 0.1) is 5.92 Å². The number of likely N-dealkylation sites (N-methyl/N-ethyl adjacent to an activating group) is 1. The second-order valence-electron chi connectivity index (χ2n) is 6.90. The normalized spacial score (nSPS) is 24.5. The van der Waals surface area contributed by atoms with Crippen LogP contribution in [0.5, 0.6) is 0 Å². The molecule has 0 aromatic rings. The van der Waals surface area contributed by atoms with Crippen LogP contribution in [-0.4, -0.2) is 61.7 Å². The van der Waals surface area contributed by atoms with Crippen molar-refractivity contribution in [3.8, 4) is 0 Å². The van der Waals surface area contributed by atoms with E-state index < -0.39 is 0 Å². The molecular weight excluding hydrogens is 210 g/mol. The van der Waals surface area contributed by atoms with Gasteiger partial charge in [-0.2, -0.15) is 0 Å². The molecule has 1 rings (SSSR count). The van der Waals surface area contributed by atoms with Crippen molar-refractivity contribution in [2.45, 2.75) is 45.7 Å². The second kappa shape index (κ2) is 6.17. The van der Waals surface area contributed by atoms with Gasteiger partial charge in [0.1, 0.15) is 0 Å². The third kappa shape index (κ3) is 5.84. The number of likely N-dealkylation sites (tertiary alicyclic amines) is 1. The van der Waals surface area contributed by atoms with Crippen LogP contribution >= 0.6 is 0 Å². The lowest BCUT2D eigenvalue weighted by atomic mass is 10.1. The van der Waals surface area contributed by atoms with Gasteiger partial charge in [-0.3, -0.25) is 0 Å². The average Bonchev–Trinajstić information content (AvgIpc) is 2.62. The van der Waals surface area contributed by atoms with E-state index in [1.54, 1.807) is 0 Å². The Balaban J connectivity index is 2.22. The Morgan fingerprint density at radius 2 is 2.00 bits per heavy atom. The van der Waals surface area contributed by atoms with Crippen molar-refractivity contribution in [1.29, 1.82) is 0 Å². The van der Waals surface area contributed by atoms with Crippen molar-refractivity contribution in [3.05, 3.63) is 0 Å². The van der Waals surface area contributed by atoms with Crippen molar-refractivity contribution < 1.29 is 0 Å². The quantitative estimate of drug-likeness (QED) is 0.789. The Hall–Kier alpha value is -0.120. The summed E-state index contributed by atoms with van der Waals surface area (Å²) in [6.07, 6.45) is 1.33. The fourth-order valence-electron chi connectivity index (χ4n) is 2.39. The minimum Gasteiger partial charge on any atom is -0.312 e. The first-order chi connectivity index (χ1) is 7.78. The molecule has 2 atom stereocenters. The van der Waals surface area contributed by atoms with Gasteiger partial charge in [-0.05, 0) is 60.3 Å². The molecule has 3 heteroatoms. The largest absolute Gasteiger partial charge is 0.312 e. The van der Waals surface area contributed by atoms with Crippen LogP contribution in [0.4, 0.5) is 0 Å². The molecule has 2 unspecified atom stereocenters. The van der Waals surface area contributed by atoms with E-state index in [9.17, 15) is 0 Å². The minimum atomic E-state index is 0.242. The van der Waals surface area contributed by atoms with E-state index >= 15 is 0 Å². The molecule has 0 radical (unpaired) electrons. The van der Waals surface area contributed by atoms with Crippen LogP contribution in [0.1, 0.15) is 34.1 Å². The molecule has 1 heterocycles.